The van der Waals surface area contributed by atoms with E-state index in [1.807, 2.05) is 16.7 Å². The highest BCUT2D eigenvalue weighted by atomic mass is 32.2. The summed E-state index contributed by atoms with van der Waals surface area (Å²) in [5.41, 5.74) is 5.38. The van der Waals surface area contributed by atoms with Crippen molar-refractivity contribution in [3.8, 4) is 0 Å². The van der Waals surface area contributed by atoms with Gasteiger partial charge in [0.2, 0.25) is 0 Å². The van der Waals surface area contributed by atoms with Gasteiger partial charge in [0.05, 0.1) is 0 Å². The summed E-state index contributed by atoms with van der Waals surface area (Å²) in [5.74, 6) is 1.23. The summed E-state index contributed by atoms with van der Waals surface area (Å²) >= 11 is 1.86. The number of carboxylic acid groups (broad SMARTS) is 1. The molecule has 3 N–H and O–H groups in total. The molecular formula is C7H14N2O2S. The number of aliphatic carboxylic acids is 1. The van der Waals surface area contributed by atoms with Gasteiger partial charge < -0.3 is 10.8 Å². The van der Waals surface area contributed by atoms with Crippen molar-refractivity contribution >= 4 is 17.7 Å². The summed E-state index contributed by atoms with van der Waals surface area (Å²) in [7, 11) is 0. The molecule has 0 saturated carbocycles. The first kappa shape index (κ1) is 9.83. The largest absolute Gasteiger partial charge is 0.480 e. The molecule has 4 nitrogen and oxygen atoms in total. The van der Waals surface area contributed by atoms with Gasteiger partial charge in [0.1, 0.15) is 6.04 Å². The SMILES string of the molecule is NCC(C(=O)O)N1CCSCC1. The van der Waals surface area contributed by atoms with Crippen molar-refractivity contribution in [2.75, 3.05) is 31.1 Å². The molecule has 1 saturated heterocycles. The van der Waals surface area contributed by atoms with Crippen LogP contribution in [0.2, 0.25) is 0 Å². The maximum atomic E-state index is 10.7. The molecule has 0 aliphatic carbocycles. The molecule has 1 rings (SSSR count). The summed E-state index contributed by atoms with van der Waals surface area (Å²) in [6, 6.07) is -0.481. The van der Waals surface area contributed by atoms with Crippen LogP contribution in [-0.4, -0.2) is 53.2 Å². The molecule has 1 atom stereocenters. The summed E-state index contributed by atoms with van der Waals surface area (Å²) in [6.07, 6.45) is 0. The number of nitrogens with two attached hydrogens (primary N) is 1. The van der Waals surface area contributed by atoms with Gasteiger partial charge in [-0.05, 0) is 0 Å². The van der Waals surface area contributed by atoms with Crippen molar-refractivity contribution in [2.45, 2.75) is 6.04 Å². The van der Waals surface area contributed by atoms with Gasteiger partial charge in [-0.1, -0.05) is 0 Å². The second-order valence-corrected chi connectivity index (χ2v) is 3.96. The molecule has 0 aromatic rings. The van der Waals surface area contributed by atoms with Crippen LogP contribution in [0.25, 0.3) is 0 Å². The van der Waals surface area contributed by atoms with E-state index in [4.69, 9.17) is 10.8 Å². The van der Waals surface area contributed by atoms with Crippen molar-refractivity contribution in [3.05, 3.63) is 0 Å². The monoisotopic (exact) mass is 190 g/mol. The van der Waals surface area contributed by atoms with Crippen LogP contribution in [0.15, 0.2) is 0 Å². The van der Waals surface area contributed by atoms with Crippen LogP contribution < -0.4 is 5.73 Å². The highest BCUT2D eigenvalue weighted by Crippen LogP contribution is 2.11. The minimum atomic E-state index is -0.801. The Hall–Kier alpha value is -0.260. The van der Waals surface area contributed by atoms with Crippen LogP contribution in [0, 0.1) is 0 Å². The van der Waals surface area contributed by atoms with Gasteiger partial charge in [-0.2, -0.15) is 11.8 Å². The Morgan fingerprint density at radius 3 is 2.58 bits per heavy atom. The molecule has 1 heterocycles. The number of nitrogens with zero attached hydrogens (tertiary/aromatic N) is 1. The van der Waals surface area contributed by atoms with E-state index in [2.05, 4.69) is 0 Å². The summed E-state index contributed by atoms with van der Waals surface area (Å²) < 4.78 is 0. The Labute approximate surface area is 76.1 Å². The molecule has 0 radical (unpaired) electrons. The van der Waals surface area contributed by atoms with Crippen molar-refractivity contribution < 1.29 is 9.90 Å². The van der Waals surface area contributed by atoms with Crippen LogP contribution in [-0.2, 0) is 4.79 Å². The minimum absolute atomic E-state index is 0.208. The first-order chi connectivity index (χ1) is 5.75. The third-order valence-electron chi connectivity index (χ3n) is 1.99. The summed E-state index contributed by atoms with van der Waals surface area (Å²) in [4.78, 5) is 12.6. The number of hydrogen-bond acceptors (Lipinski definition) is 4. The standard InChI is InChI=1S/C7H14N2O2S/c8-5-6(7(10)11)9-1-3-12-4-2-9/h6H,1-5,8H2,(H,10,11). The van der Waals surface area contributed by atoms with E-state index in [0.29, 0.717) is 0 Å². The topological polar surface area (TPSA) is 66.6 Å². The molecule has 0 bridgehead atoms. The summed E-state index contributed by atoms with van der Waals surface area (Å²) in [5, 5.41) is 8.80. The van der Waals surface area contributed by atoms with Crippen LogP contribution in [0.3, 0.4) is 0 Å². The zero-order valence-electron chi connectivity index (χ0n) is 6.90. The number of carbonyl (C=O) groups is 1. The van der Waals surface area contributed by atoms with Gasteiger partial charge in [-0.3, -0.25) is 9.69 Å². The van der Waals surface area contributed by atoms with Crippen LogP contribution in [0.1, 0.15) is 0 Å². The fourth-order valence-electron chi connectivity index (χ4n) is 1.30. The van der Waals surface area contributed by atoms with Gasteiger partial charge in [0, 0.05) is 31.1 Å². The van der Waals surface area contributed by atoms with E-state index in [1.54, 1.807) is 0 Å². The lowest BCUT2D eigenvalue weighted by atomic mass is 10.2. The molecule has 5 heteroatoms. The molecule has 1 aliphatic heterocycles. The average molecular weight is 190 g/mol. The Morgan fingerprint density at radius 1 is 1.58 bits per heavy atom. The Morgan fingerprint density at radius 2 is 2.17 bits per heavy atom. The van der Waals surface area contributed by atoms with E-state index >= 15 is 0 Å². The van der Waals surface area contributed by atoms with Crippen LogP contribution in [0.5, 0.6) is 0 Å². The lowest BCUT2D eigenvalue weighted by molar-refractivity contribution is -0.142. The summed E-state index contributed by atoms with van der Waals surface area (Å²) in [6.45, 7) is 1.90. The van der Waals surface area contributed by atoms with E-state index in [-0.39, 0.29) is 6.54 Å². The number of carboxylic acids is 1. The third kappa shape index (κ3) is 2.36. The fraction of sp³-hybridized carbons (Fsp3) is 0.857. The zero-order chi connectivity index (χ0) is 8.97. The Balaban J connectivity index is 2.46. The molecule has 0 aromatic carbocycles. The first-order valence-corrected chi connectivity index (χ1v) is 5.16. The van der Waals surface area contributed by atoms with Gasteiger partial charge >= 0.3 is 5.97 Å². The Bertz CT molecular complexity index is 159. The molecule has 0 aromatic heterocycles. The average Bonchev–Trinajstić information content (AvgIpc) is 2.07. The number of hydrogen-bond donors (Lipinski definition) is 2. The quantitative estimate of drug-likeness (QED) is 0.625. The predicted molar refractivity (Wildman–Crippen MR) is 49.4 cm³/mol. The minimum Gasteiger partial charge on any atom is -0.480 e. The highest BCUT2D eigenvalue weighted by molar-refractivity contribution is 7.99. The van der Waals surface area contributed by atoms with Crippen molar-refractivity contribution in [2.24, 2.45) is 5.73 Å². The third-order valence-corrected chi connectivity index (χ3v) is 2.94. The second-order valence-electron chi connectivity index (χ2n) is 2.74. The van der Waals surface area contributed by atoms with Crippen LogP contribution in [0.4, 0.5) is 0 Å². The normalized spacial score (nSPS) is 22.1. The maximum Gasteiger partial charge on any atom is 0.322 e. The van der Waals surface area contributed by atoms with E-state index in [1.165, 1.54) is 0 Å². The number of thioether (sulfide) groups is 1. The molecule has 0 amide bonds. The van der Waals surface area contributed by atoms with E-state index in [0.717, 1.165) is 24.6 Å². The molecule has 12 heavy (non-hydrogen) atoms. The number of rotatable bonds is 3. The molecule has 1 aliphatic rings. The molecule has 0 spiro atoms. The predicted octanol–water partition coefficient (Wildman–Crippen LogP) is -0.553. The lowest BCUT2D eigenvalue weighted by Crippen LogP contribution is -2.49. The van der Waals surface area contributed by atoms with E-state index < -0.39 is 12.0 Å². The van der Waals surface area contributed by atoms with Gasteiger partial charge in [-0.25, -0.2) is 0 Å². The fourth-order valence-corrected chi connectivity index (χ4v) is 2.23. The molecule has 1 unspecified atom stereocenters. The van der Waals surface area contributed by atoms with E-state index in [9.17, 15) is 4.79 Å². The second kappa shape index (κ2) is 4.69. The first-order valence-electron chi connectivity index (χ1n) is 4.00. The molecular weight excluding hydrogens is 176 g/mol. The highest BCUT2D eigenvalue weighted by Gasteiger charge is 2.24. The lowest BCUT2D eigenvalue weighted by Gasteiger charge is -2.30. The molecule has 1 fully saturated rings. The van der Waals surface area contributed by atoms with Crippen molar-refractivity contribution in [1.29, 1.82) is 0 Å². The van der Waals surface area contributed by atoms with Gasteiger partial charge in [0.15, 0.2) is 0 Å². The van der Waals surface area contributed by atoms with Crippen molar-refractivity contribution in [3.63, 3.8) is 0 Å². The van der Waals surface area contributed by atoms with Crippen molar-refractivity contribution in [1.82, 2.24) is 4.90 Å². The van der Waals surface area contributed by atoms with Gasteiger partial charge in [0.25, 0.3) is 0 Å². The smallest absolute Gasteiger partial charge is 0.322 e. The zero-order valence-corrected chi connectivity index (χ0v) is 7.72. The van der Waals surface area contributed by atoms with Gasteiger partial charge in [-0.15, -0.1) is 0 Å². The Kier molecular flexibility index (Phi) is 3.84. The van der Waals surface area contributed by atoms with Crippen LogP contribution >= 0.6 is 11.8 Å². The maximum absolute atomic E-state index is 10.7. The molecule has 70 valence electrons.